The summed E-state index contributed by atoms with van der Waals surface area (Å²) in [5, 5.41) is 21.2. The van der Waals surface area contributed by atoms with Gasteiger partial charge < -0.3 is 10.4 Å². The normalized spacial score (nSPS) is 16.9. The number of aliphatic hydroxyl groups is 1. The highest BCUT2D eigenvalue weighted by Crippen LogP contribution is 2.19. The van der Waals surface area contributed by atoms with Gasteiger partial charge in [0.15, 0.2) is 0 Å². The number of amides is 1. The van der Waals surface area contributed by atoms with Crippen molar-refractivity contribution in [1.29, 1.82) is 0 Å². The maximum Gasteiger partial charge on any atom is 0.242 e. The Morgan fingerprint density at radius 2 is 2.00 bits per heavy atom. The van der Waals surface area contributed by atoms with Crippen LogP contribution in [0.4, 0.5) is 0 Å². The first-order valence-electron chi connectivity index (χ1n) is 8.15. The van der Waals surface area contributed by atoms with E-state index in [9.17, 15) is 9.90 Å². The molecule has 0 aliphatic heterocycles. The standard InChI is InChI=1S/C17H22N4O2/c22-16(18-14-9-5-2-6-10-14)12-21-11-15(19-20-21)17(23)13-7-3-1-4-8-13/h1,3-4,7-8,11,14,17,23H,2,5-6,9-10,12H2,(H,18,22)/t17-/m1/s1. The highest BCUT2D eigenvalue weighted by atomic mass is 16.3. The lowest BCUT2D eigenvalue weighted by molar-refractivity contribution is -0.122. The summed E-state index contributed by atoms with van der Waals surface area (Å²) in [6.07, 6.45) is 6.53. The van der Waals surface area contributed by atoms with Crippen molar-refractivity contribution in [3.05, 3.63) is 47.8 Å². The molecule has 1 aliphatic rings. The number of nitrogens with zero attached hydrogens (tertiary/aromatic N) is 3. The maximum absolute atomic E-state index is 12.1. The van der Waals surface area contributed by atoms with Crippen molar-refractivity contribution in [3.8, 4) is 0 Å². The van der Waals surface area contributed by atoms with Gasteiger partial charge in [-0.1, -0.05) is 54.8 Å². The van der Waals surface area contributed by atoms with Crippen LogP contribution >= 0.6 is 0 Å². The van der Waals surface area contributed by atoms with E-state index < -0.39 is 6.10 Å². The fourth-order valence-electron chi connectivity index (χ4n) is 2.99. The third kappa shape index (κ3) is 4.16. The van der Waals surface area contributed by atoms with E-state index in [4.69, 9.17) is 0 Å². The summed E-state index contributed by atoms with van der Waals surface area (Å²) in [4.78, 5) is 12.1. The molecule has 23 heavy (non-hydrogen) atoms. The van der Waals surface area contributed by atoms with Crippen molar-refractivity contribution in [2.45, 2.75) is 50.8 Å². The van der Waals surface area contributed by atoms with Crippen LogP contribution < -0.4 is 5.32 Å². The molecule has 3 rings (SSSR count). The molecule has 0 spiro atoms. The summed E-state index contributed by atoms with van der Waals surface area (Å²) in [7, 11) is 0. The van der Waals surface area contributed by atoms with E-state index in [-0.39, 0.29) is 18.5 Å². The summed E-state index contributed by atoms with van der Waals surface area (Å²) in [6.45, 7) is 0.130. The predicted octanol–water partition coefficient (Wildman–Crippen LogP) is 1.81. The minimum absolute atomic E-state index is 0.0532. The average Bonchev–Trinajstić information content (AvgIpc) is 3.04. The van der Waals surface area contributed by atoms with Crippen molar-refractivity contribution >= 4 is 5.91 Å². The molecule has 2 aromatic rings. The second-order valence-corrected chi connectivity index (χ2v) is 6.06. The monoisotopic (exact) mass is 314 g/mol. The topological polar surface area (TPSA) is 80.0 Å². The Labute approximate surface area is 135 Å². The van der Waals surface area contributed by atoms with Gasteiger partial charge in [-0.25, -0.2) is 4.68 Å². The van der Waals surface area contributed by atoms with Crippen molar-refractivity contribution in [2.24, 2.45) is 0 Å². The van der Waals surface area contributed by atoms with Gasteiger partial charge >= 0.3 is 0 Å². The molecule has 1 aromatic carbocycles. The van der Waals surface area contributed by atoms with E-state index in [1.54, 1.807) is 6.20 Å². The second-order valence-electron chi connectivity index (χ2n) is 6.06. The fourth-order valence-corrected chi connectivity index (χ4v) is 2.99. The zero-order chi connectivity index (χ0) is 16.1. The van der Waals surface area contributed by atoms with Crippen LogP contribution in [0.5, 0.6) is 0 Å². The highest BCUT2D eigenvalue weighted by Gasteiger charge is 2.18. The molecule has 1 aromatic heterocycles. The quantitative estimate of drug-likeness (QED) is 0.882. The lowest BCUT2D eigenvalue weighted by atomic mass is 9.95. The largest absolute Gasteiger partial charge is 0.382 e. The zero-order valence-electron chi connectivity index (χ0n) is 13.1. The van der Waals surface area contributed by atoms with Crippen LogP contribution in [0.3, 0.4) is 0 Å². The lowest BCUT2D eigenvalue weighted by Gasteiger charge is -2.22. The number of aromatic nitrogens is 3. The maximum atomic E-state index is 12.1. The van der Waals surface area contributed by atoms with Gasteiger partial charge in [-0.05, 0) is 18.4 Å². The van der Waals surface area contributed by atoms with E-state index in [1.807, 2.05) is 30.3 Å². The molecule has 122 valence electrons. The van der Waals surface area contributed by atoms with E-state index in [0.29, 0.717) is 5.69 Å². The molecule has 1 aliphatic carbocycles. The minimum atomic E-state index is -0.827. The molecule has 2 N–H and O–H groups in total. The van der Waals surface area contributed by atoms with Crippen molar-refractivity contribution < 1.29 is 9.90 Å². The first-order chi connectivity index (χ1) is 11.2. The Kier molecular flexibility index (Phi) is 5.02. The van der Waals surface area contributed by atoms with Gasteiger partial charge in [0.1, 0.15) is 18.3 Å². The van der Waals surface area contributed by atoms with E-state index in [1.165, 1.54) is 23.9 Å². The van der Waals surface area contributed by atoms with Crippen molar-refractivity contribution in [3.63, 3.8) is 0 Å². The van der Waals surface area contributed by atoms with Crippen LogP contribution in [0.25, 0.3) is 0 Å². The Morgan fingerprint density at radius 3 is 2.74 bits per heavy atom. The van der Waals surface area contributed by atoms with Crippen molar-refractivity contribution in [1.82, 2.24) is 20.3 Å². The molecule has 1 fully saturated rings. The highest BCUT2D eigenvalue weighted by molar-refractivity contribution is 5.75. The summed E-state index contributed by atoms with van der Waals surface area (Å²) in [5.74, 6) is -0.0532. The molecule has 0 radical (unpaired) electrons. The number of rotatable bonds is 5. The summed E-state index contributed by atoms with van der Waals surface area (Å²) < 4.78 is 1.47. The summed E-state index contributed by atoms with van der Waals surface area (Å²) in [6, 6.07) is 9.57. The van der Waals surface area contributed by atoms with Gasteiger partial charge in [-0.3, -0.25) is 4.79 Å². The predicted molar refractivity (Wildman–Crippen MR) is 85.5 cm³/mol. The van der Waals surface area contributed by atoms with Gasteiger partial charge in [-0.15, -0.1) is 5.10 Å². The molecule has 6 nitrogen and oxygen atoms in total. The SMILES string of the molecule is O=C(Cn1cc([C@H](O)c2ccccc2)nn1)NC1CCCCC1. The first-order valence-corrected chi connectivity index (χ1v) is 8.15. The molecule has 0 saturated heterocycles. The van der Waals surface area contributed by atoms with E-state index >= 15 is 0 Å². The average molecular weight is 314 g/mol. The smallest absolute Gasteiger partial charge is 0.242 e. The zero-order valence-corrected chi connectivity index (χ0v) is 13.1. The minimum Gasteiger partial charge on any atom is -0.382 e. The Hall–Kier alpha value is -2.21. The lowest BCUT2D eigenvalue weighted by Crippen LogP contribution is -2.38. The molecule has 0 bridgehead atoms. The number of hydrogen-bond donors (Lipinski definition) is 2. The Morgan fingerprint density at radius 1 is 1.26 bits per heavy atom. The number of carbonyl (C=O) groups excluding carboxylic acids is 1. The van der Waals surface area contributed by atoms with Crippen molar-refractivity contribution in [2.75, 3.05) is 0 Å². The number of aliphatic hydroxyl groups excluding tert-OH is 1. The van der Waals surface area contributed by atoms with Gasteiger partial charge in [0.25, 0.3) is 0 Å². The van der Waals surface area contributed by atoms with Crippen LogP contribution in [0.1, 0.15) is 49.5 Å². The van der Waals surface area contributed by atoms with E-state index in [0.717, 1.165) is 18.4 Å². The van der Waals surface area contributed by atoms with Crippen LogP contribution in [-0.4, -0.2) is 32.0 Å². The molecule has 1 saturated carbocycles. The van der Waals surface area contributed by atoms with Gasteiger partial charge in [0.2, 0.25) is 5.91 Å². The number of carbonyl (C=O) groups is 1. The third-order valence-electron chi connectivity index (χ3n) is 4.23. The Bertz CT molecular complexity index is 635. The van der Waals surface area contributed by atoms with E-state index in [2.05, 4.69) is 15.6 Å². The molecule has 1 amide bonds. The molecule has 1 atom stereocenters. The first kappa shape index (κ1) is 15.7. The van der Waals surface area contributed by atoms with Crippen LogP contribution in [-0.2, 0) is 11.3 Å². The molecular formula is C17H22N4O2. The van der Waals surface area contributed by atoms with Gasteiger partial charge in [-0.2, -0.15) is 0 Å². The molecule has 1 heterocycles. The second kappa shape index (κ2) is 7.37. The number of hydrogen-bond acceptors (Lipinski definition) is 4. The fraction of sp³-hybridized carbons (Fsp3) is 0.471. The third-order valence-corrected chi connectivity index (χ3v) is 4.23. The number of nitrogens with one attached hydrogen (secondary N) is 1. The molecule has 0 unspecified atom stereocenters. The van der Waals surface area contributed by atoms with Gasteiger partial charge in [0, 0.05) is 6.04 Å². The Balaban J connectivity index is 1.57. The van der Waals surface area contributed by atoms with Crippen LogP contribution in [0, 0.1) is 0 Å². The summed E-state index contributed by atoms with van der Waals surface area (Å²) in [5.41, 5.74) is 1.20. The molecular weight excluding hydrogens is 292 g/mol. The molecule has 6 heteroatoms. The number of benzene rings is 1. The van der Waals surface area contributed by atoms with Crippen LogP contribution in [0.15, 0.2) is 36.5 Å². The van der Waals surface area contributed by atoms with Crippen LogP contribution in [0.2, 0.25) is 0 Å². The van der Waals surface area contributed by atoms with Gasteiger partial charge in [0.05, 0.1) is 6.20 Å². The summed E-state index contributed by atoms with van der Waals surface area (Å²) >= 11 is 0.